The van der Waals surface area contributed by atoms with Gasteiger partial charge in [0, 0.05) is 0 Å². The van der Waals surface area contributed by atoms with Gasteiger partial charge < -0.3 is 14.4 Å². The van der Waals surface area contributed by atoms with E-state index in [9.17, 15) is 4.79 Å². The Morgan fingerprint density at radius 2 is 2.00 bits per heavy atom. The highest BCUT2D eigenvalue weighted by Crippen LogP contribution is 2.21. The van der Waals surface area contributed by atoms with Crippen molar-refractivity contribution in [2.75, 3.05) is 25.1 Å². The minimum absolute atomic E-state index is 0.142. The van der Waals surface area contributed by atoms with Crippen molar-refractivity contribution in [3.63, 3.8) is 0 Å². The number of rotatable bonds is 4. The Hall–Kier alpha value is -2.57. The molecule has 6 nitrogen and oxygen atoms in total. The number of hydrogen-bond donors (Lipinski definition) is 0. The number of ether oxygens (including phenoxy) is 2. The van der Waals surface area contributed by atoms with Gasteiger partial charge in [-0.05, 0) is 23.7 Å². The van der Waals surface area contributed by atoms with Gasteiger partial charge >= 0.3 is 5.97 Å². The number of hydrogen-bond acceptors (Lipinski definition) is 6. The van der Waals surface area contributed by atoms with E-state index in [4.69, 9.17) is 4.74 Å². The number of nitrogens with zero attached hydrogens (tertiary/aromatic N) is 3. The molecule has 2 heterocycles. The van der Waals surface area contributed by atoms with Crippen molar-refractivity contribution in [3.05, 3.63) is 42.1 Å². The molecule has 0 unspecified atom stereocenters. The first-order valence-electron chi connectivity index (χ1n) is 7.06. The highest BCUT2D eigenvalue weighted by molar-refractivity contribution is 6.34. The van der Waals surface area contributed by atoms with Crippen LogP contribution in [0.3, 0.4) is 0 Å². The van der Waals surface area contributed by atoms with E-state index in [1.54, 1.807) is 12.1 Å². The fraction of sp³-hybridized carbons (Fsp3) is 0.267. The molecular weight excluding hydrogens is 281 g/mol. The first kappa shape index (κ1) is 14.4. The van der Waals surface area contributed by atoms with Crippen LogP contribution in [0.25, 0.3) is 0 Å². The third kappa shape index (κ3) is 2.88. The average Bonchev–Trinajstić information content (AvgIpc) is 2.51. The minimum atomic E-state index is -0.483. The van der Waals surface area contributed by atoms with Crippen LogP contribution in [-0.4, -0.2) is 50.3 Å². The molecule has 1 aliphatic heterocycles. The zero-order chi connectivity index (χ0) is 15.5. The third-order valence-electron chi connectivity index (χ3n) is 3.60. The molecule has 3 rings (SSSR count). The molecule has 22 heavy (non-hydrogen) atoms. The number of methoxy groups -OCH3 is 1. The number of esters is 1. The molecule has 0 spiro atoms. The molecular formula is C15H16BN3O3. The van der Waals surface area contributed by atoms with Crippen molar-refractivity contribution in [2.45, 2.75) is 6.10 Å². The summed E-state index contributed by atoms with van der Waals surface area (Å²) in [5.74, 6) is 1.17. The van der Waals surface area contributed by atoms with Crippen molar-refractivity contribution in [1.29, 1.82) is 0 Å². The summed E-state index contributed by atoms with van der Waals surface area (Å²) < 4.78 is 10.5. The van der Waals surface area contributed by atoms with Gasteiger partial charge in [0.25, 0.3) is 0 Å². The Bertz CT molecular complexity index is 672. The molecule has 1 fully saturated rings. The highest BCUT2D eigenvalue weighted by Gasteiger charge is 2.30. The lowest BCUT2D eigenvalue weighted by Gasteiger charge is -2.39. The number of aromatic nitrogens is 2. The fourth-order valence-electron chi connectivity index (χ4n) is 2.28. The molecule has 1 aromatic heterocycles. The lowest BCUT2D eigenvalue weighted by Crippen LogP contribution is -2.54. The summed E-state index contributed by atoms with van der Waals surface area (Å²) in [6, 6.07) is 11.3. The van der Waals surface area contributed by atoms with Crippen LogP contribution in [0, 0.1) is 0 Å². The third-order valence-corrected chi connectivity index (χ3v) is 3.60. The summed E-state index contributed by atoms with van der Waals surface area (Å²) in [5.41, 5.74) is 1.34. The summed E-state index contributed by atoms with van der Waals surface area (Å²) in [5, 5.41) is 7.92. The maximum absolute atomic E-state index is 11.3. The van der Waals surface area contributed by atoms with Crippen molar-refractivity contribution >= 4 is 25.1 Å². The van der Waals surface area contributed by atoms with Crippen molar-refractivity contribution in [3.8, 4) is 5.75 Å². The topological polar surface area (TPSA) is 64.5 Å². The maximum Gasteiger partial charge on any atom is 0.358 e. The van der Waals surface area contributed by atoms with Crippen molar-refractivity contribution < 1.29 is 14.3 Å². The van der Waals surface area contributed by atoms with Crippen LogP contribution in [0.5, 0.6) is 5.75 Å². The molecule has 0 aliphatic carbocycles. The molecule has 0 saturated carbocycles. The smallest absolute Gasteiger partial charge is 0.358 e. The van der Waals surface area contributed by atoms with Crippen LogP contribution in [-0.2, 0) is 4.74 Å². The van der Waals surface area contributed by atoms with E-state index in [2.05, 4.69) is 19.8 Å². The minimum Gasteiger partial charge on any atom is -0.487 e. The number of carbonyl (C=O) groups excluding carboxylic acids is 1. The van der Waals surface area contributed by atoms with E-state index >= 15 is 0 Å². The summed E-state index contributed by atoms with van der Waals surface area (Å²) in [6.07, 6.45) is 0.142. The summed E-state index contributed by atoms with van der Waals surface area (Å²) in [4.78, 5) is 13.4. The standard InChI is InChI=1S/C15H16BN3O3/c1-21-15(20)12-6-7-14(18-17-12)19-8-10(9-19)22-13-5-3-2-4-11(13)16/h2-7,10H,8-9,16H2,1H3. The highest BCUT2D eigenvalue weighted by atomic mass is 16.5. The van der Waals surface area contributed by atoms with E-state index in [0.717, 1.165) is 30.1 Å². The Balaban J connectivity index is 1.57. The molecule has 112 valence electrons. The fourth-order valence-corrected chi connectivity index (χ4v) is 2.28. The van der Waals surface area contributed by atoms with Gasteiger partial charge in [0.2, 0.25) is 0 Å². The molecule has 1 aliphatic rings. The molecule has 0 N–H and O–H groups in total. The second-order valence-corrected chi connectivity index (χ2v) is 5.18. The predicted molar refractivity (Wildman–Crippen MR) is 84.6 cm³/mol. The number of para-hydroxylation sites is 1. The lowest BCUT2D eigenvalue weighted by atomic mass is 9.95. The van der Waals surface area contributed by atoms with Gasteiger partial charge in [-0.2, -0.15) is 0 Å². The summed E-state index contributed by atoms with van der Waals surface area (Å²) >= 11 is 0. The van der Waals surface area contributed by atoms with Gasteiger partial charge in [0.05, 0.1) is 20.2 Å². The van der Waals surface area contributed by atoms with E-state index in [1.807, 2.05) is 32.1 Å². The molecule has 1 saturated heterocycles. The van der Waals surface area contributed by atoms with Crippen LogP contribution in [0.4, 0.5) is 5.82 Å². The number of benzene rings is 1. The van der Waals surface area contributed by atoms with E-state index < -0.39 is 5.97 Å². The molecule has 0 radical (unpaired) electrons. The Labute approximate surface area is 129 Å². The summed E-state index contributed by atoms with van der Waals surface area (Å²) in [6.45, 7) is 1.50. The van der Waals surface area contributed by atoms with Gasteiger partial charge in [-0.25, -0.2) is 4.79 Å². The van der Waals surface area contributed by atoms with Crippen LogP contribution >= 0.6 is 0 Å². The zero-order valence-electron chi connectivity index (χ0n) is 12.5. The molecule has 7 heteroatoms. The Morgan fingerprint density at radius 3 is 2.64 bits per heavy atom. The van der Waals surface area contributed by atoms with Gasteiger partial charge in [0.15, 0.2) is 11.5 Å². The Kier molecular flexibility index (Phi) is 3.95. The molecule has 0 bridgehead atoms. The molecule has 0 atom stereocenters. The largest absolute Gasteiger partial charge is 0.487 e. The van der Waals surface area contributed by atoms with Gasteiger partial charge in [-0.15, -0.1) is 10.2 Å². The van der Waals surface area contributed by atoms with Gasteiger partial charge in [0.1, 0.15) is 19.7 Å². The first-order chi connectivity index (χ1) is 10.7. The van der Waals surface area contributed by atoms with Crippen LogP contribution in [0.15, 0.2) is 36.4 Å². The Morgan fingerprint density at radius 1 is 1.23 bits per heavy atom. The zero-order valence-corrected chi connectivity index (χ0v) is 12.5. The molecule has 0 amide bonds. The van der Waals surface area contributed by atoms with E-state index in [0.29, 0.717) is 0 Å². The average molecular weight is 297 g/mol. The van der Waals surface area contributed by atoms with Crippen molar-refractivity contribution in [2.24, 2.45) is 0 Å². The van der Waals surface area contributed by atoms with Gasteiger partial charge in [-0.3, -0.25) is 0 Å². The predicted octanol–water partition coefficient (Wildman–Crippen LogP) is -0.211. The van der Waals surface area contributed by atoms with Crippen LogP contribution in [0.2, 0.25) is 0 Å². The van der Waals surface area contributed by atoms with Crippen LogP contribution < -0.4 is 15.1 Å². The van der Waals surface area contributed by atoms with Crippen LogP contribution in [0.1, 0.15) is 10.5 Å². The summed E-state index contributed by atoms with van der Waals surface area (Å²) in [7, 11) is 3.35. The van der Waals surface area contributed by atoms with E-state index in [1.165, 1.54) is 7.11 Å². The normalized spacial score (nSPS) is 14.3. The van der Waals surface area contributed by atoms with Crippen molar-refractivity contribution in [1.82, 2.24) is 10.2 Å². The lowest BCUT2D eigenvalue weighted by molar-refractivity contribution is 0.0592. The monoisotopic (exact) mass is 297 g/mol. The SMILES string of the molecule is Bc1ccccc1OC1CN(c2ccc(C(=O)OC)nn2)C1. The van der Waals surface area contributed by atoms with Gasteiger partial charge in [-0.1, -0.05) is 18.2 Å². The number of anilines is 1. The molecule has 1 aromatic carbocycles. The van der Waals surface area contributed by atoms with E-state index in [-0.39, 0.29) is 11.8 Å². The maximum atomic E-state index is 11.3. The number of carbonyl (C=O) groups is 1. The second kappa shape index (κ2) is 6.05. The first-order valence-corrected chi connectivity index (χ1v) is 7.06. The second-order valence-electron chi connectivity index (χ2n) is 5.18. The quantitative estimate of drug-likeness (QED) is 0.575. The molecule has 2 aromatic rings.